The summed E-state index contributed by atoms with van der Waals surface area (Å²) >= 11 is 39.8. The first-order valence-corrected chi connectivity index (χ1v) is 31.2. The maximum Gasteiger partial charge on any atom is 0.300 e. The third-order valence-electron chi connectivity index (χ3n) is 6.30. The Labute approximate surface area is 328 Å². The van der Waals surface area contributed by atoms with Crippen molar-refractivity contribution in [2.45, 2.75) is 19.3 Å². The van der Waals surface area contributed by atoms with Crippen LogP contribution in [0.2, 0.25) is 0 Å². The lowest BCUT2D eigenvalue weighted by Crippen LogP contribution is -2.18. The highest BCUT2D eigenvalue weighted by atomic mass is 35.9. The average molecular weight is 967 g/mol. The zero-order chi connectivity index (χ0) is 36.6. The van der Waals surface area contributed by atoms with Crippen molar-refractivity contribution in [1.29, 1.82) is 0 Å². The third kappa shape index (κ3) is 18.0. The van der Waals surface area contributed by atoms with Gasteiger partial charge in [0.1, 0.15) is 0 Å². The van der Waals surface area contributed by atoms with E-state index in [4.69, 9.17) is 114 Å². The first-order chi connectivity index (χ1) is 24.4. The Kier molecular flexibility index (Phi) is 21.2. The van der Waals surface area contributed by atoms with Gasteiger partial charge >= 0.3 is 13.6 Å². The molecule has 4 rings (SSSR count). The van der Waals surface area contributed by atoms with E-state index in [1.165, 1.54) is 0 Å². The molecule has 4 aliphatic rings. The molecule has 4 unspecified atom stereocenters. The summed E-state index contributed by atoms with van der Waals surface area (Å²) in [6.45, 7) is -0.915. The van der Waals surface area contributed by atoms with E-state index in [0.29, 0.717) is 78.8 Å². The van der Waals surface area contributed by atoms with Crippen LogP contribution in [0.1, 0.15) is 19.3 Å². The van der Waals surface area contributed by atoms with Crippen LogP contribution >= 0.6 is 108 Å². The molecule has 300 valence electrons. The summed E-state index contributed by atoms with van der Waals surface area (Å²) in [4.78, 5) is 0. The van der Waals surface area contributed by atoms with E-state index in [1.54, 1.807) is 0 Å². The number of nitrogens with one attached hydrogen (secondary N) is 2. The molecule has 4 heterocycles. The standard InChI is InChI=1S/C21H44Cl6N8O10P6/c22-46(23)30-48(26)34-50(32-46,44-20-16-40-12-8-36-6-10-38-14-18-42-48)28-4-2-1-3-5-29-51-33-47(24,25)31-49(27,35-51)43-19-15-39-11-7-37-9-13-41-17-21-45-51/h28-29H,1-21H2. The molecule has 30 heteroatoms. The molecule has 4 atom stereocenters. The zero-order valence-electron chi connectivity index (χ0n) is 27.6. The minimum Gasteiger partial charge on any atom is -0.377 e. The molecule has 0 aromatic carbocycles. The second-order valence-electron chi connectivity index (χ2n) is 10.4. The normalized spacial score (nSPS) is 34.9. The highest BCUT2D eigenvalue weighted by Crippen LogP contribution is 2.84. The molecule has 0 saturated carbocycles. The van der Waals surface area contributed by atoms with Crippen LogP contribution in [0.25, 0.3) is 0 Å². The van der Waals surface area contributed by atoms with E-state index in [0.717, 1.165) is 6.42 Å². The van der Waals surface area contributed by atoms with Crippen molar-refractivity contribution in [3.63, 3.8) is 0 Å². The van der Waals surface area contributed by atoms with E-state index < -0.39 is 40.6 Å². The van der Waals surface area contributed by atoms with Gasteiger partial charge in [-0.05, 0) is 80.3 Å². The molecular weight excluding hydrogens is 923 g/mol. The van der Waals surface area contributed by atoms with Gasteiger partial charge in [0.15, 0.2) is 0 Å². The monoisotopic (exact) mass is 964 g/mol. The first-order valence-electron chi connectivity index (χ1n) is 15.9. The predicted octanol–water partition coefficient (Wildman–Crippen LogP) is 10.7. The fourth-order valence-electron chi connectivity index (χ4n) is 4.22. The van der Waals surface area contributed by atoms with Crippen LogP contribution in [-0.2, 0) is 46.5 Å². The molecule has 18 nitrogen and oxygen atoms in total. The molecule has 4 bridgehead atoms. The number of hydrogen-bond acceptors (Lipinski definition) is 18. The molecule has 0 amide bonds. The Balaban J connectivity index is 1.38. The van der Waals surface area contributed by atoms with Gasteiger partial charge in [-0.1, -0.05) is 6.42 Å². The molecular formula is C21H44Cl6N8O10P6. The number of fused-ring (bicyclic) bond motifs is 2. The van der Waals surface area contributed by atoms with Gasteiger partial charge in [0, 0.05) is 13.1 Å². The van der Waals surface area contributed by atoms with Gasteiger partial charge in [0.2, 0.25) is 0 Å². The number of rotatable bonds is 8. The summed E-state index contributed by atoms with van der Waals surface area (Å²) in [6.07, 6.45) is 2.12. The molecule has 0 radical (unpaired) electrons. The summed E-state index contributed by atoms with van der Waals surface area (Å²) < 4.78 is 84.3. The minimum atomic E-state index is -3.32. The van der Waals surface area contributed by atoms with Crippen molar-refractivity contribution >= 4 is 108 Å². The van der Waals surface area contributed by atoms with Crippen LogP contribution in [0, 0.1) is 0 Å². The van der Waals surface area contributed by atoms with Crippen LogP contribution < -0.4 is 10.2 Å². The molecule has 0 fully saturated rings. The third-order valence-corrected chi connectivity index (χ3v) is 28.4. The number of nitrogens with zero attached hydrogens (tertiary/aromatic N) is 6. The van der Waals surface area contributed by atoms with E-state index >= 15 is 0 Å². The molecule has 0 aromatic heterocycles. The lowest BCUT2D eigenvalue weighted by molar-refractivity contribution is 0.00554. The van der Waals surface area contributed by atoms with Gasteiger partial charge in [-0.2, -0.15) is 27.1 Å². The fraction of sp³-hybridized carbons (Fsp3) is 1.00. The lowest BCUT2D eigenvalue weighted by atomic mass is 10.2. The number of ether oxygens (including phenoxy) is 6. The first kappa shape index (κ1) is 46.3. The SMILES string of the molecule is ClP1(Cl)=NP2(Cl)=NP(NCCCCCNP34=NP(Cl)(Cl)=NP(Cl)(=N3)OCCOCCOCCOCCO4)(=N1)OCCOCCOCCOCCO2. The predicted molar refractivity (Wildman–Crippen MR) is 210 cm³/mol. The van der Waals surface area contributed by atoms with Gasteiger partial charge in [-0.3, -0.25) is 0 Å². The van der Waals surface area contributed by atoms with Crippen molar-refractivity contribution in [1.82, 2.24) is 10.2 Å². The van der Waals surface area contributed by atoms with Gasteiger partial charge < -0.3 is 46.5 Å². The van der Waals surface area contributed by atoms with Crippen molar-refractivity contribution in [3.8, 4) is 0 Å². The molecule has 0 aromatic rings. The van der Waals surface area contributed by atoms with Crippen LogP contribution in [0.15, 0.2) is 27.1 Å². The summed E-state index contributed by atoms with van der Waals surface area (Å²) in [5, 5.41) is 6.64. The lowest BCUT2D eigenvalue weighted by Gasteiger charge is -2.29. The summed E-state index contributed by atoms with van der Waals surface area (Å²) in [5.41, 5.74) is 0. The summed E-state index contributed by atoms with van der Waals surface area (Å²) in [7, 11) is -6.38. The number of halogens is 6. The maximum atomic E-state index is 6.78. The fourth-order valence-corrected chi connectivity index (χ4v) is 30.5. The van der Waals surface area contributed by atoms with Crippen molar-refractivity contribution in [2.24, 2.45) is 27.1 Å². The zero-order valence-corrected chi connectivity index (χ0v) is 37.5. The van der Waals surface area contributed by atoms with Crippen LogP contribution in [0.3, 0.4) is 0 Å². The molecule has 0 saturated heterocycles. The van der Waals surface area contributed by atoms with Crippen LogP contribution in [0.4, 0.5) is 0 Å². The van der Waals surface area contributed by atoms with E-state index in [2.05, 4.69) is 37.3 Å². The maximum absolute atomic E-state index is 6.78. The average Bonchev–Trinajstić information content (AvgIpc) is 3.02. The van der Waals surface area contributed by atoms with Crippen molar-refractivity contribution in [3.05, 3.63) is 0 Å². The highest BCUT2D eigenvalue weighted by Gasteiger charge is 2.38. The van der Waals surface area contributed by atoms with E-state index in [9.17, 15) is 0 Å². The van der Waals surface area contributed by atoms with E-state index in [-0.39, 0.29) is 52.9 Å². The number of unbranched alkanes of at least 4 members (excludes halogenated alkanes) is 2. The van der Waals surface area contributed by atoms with Gasteiger partial charge in [0.05, 0.1) is 106 Å². The Morgan fingerprint density at radius 3 is 0.980 bits per heavy atom. The molecule has 0 spiro atoms. The van der Waals surface area contributed by atoms with Crippen molar-refractivity contribution < 1.29 is 46.5 Å². The van der Waals surface area contributed by atoms with Crippen molar-refractivity contribution in [2.75, 3.05) is 119 Å². The topological polar surface area (TPSA) is 191 Å². The Morgan fingerprint density at radius 1 is 0.353 bits per heavy atom. The smallest absolute Gasteiger partial charge is 0.300 e. The second kappa shape index (κ2) is 23.3. The quantitative estimate of drug-likeness (QED) is 0.173. The van der Waals surface area contributed by atoms with Gasteiger partial charge in [-0.15, -0.1) is 0 Å². The number of hydrogen-bond donors (Lipinski definition) is 2. The molecule has 51 heavy (non-hydrogen) atoms. The highest BCUT2D eigenvalue weighted by molar-refractivity contribution is 8.15. The molecule has 2 N–H and O–H groups in total. The summed E-state index contributed by atoms with van der Waals surface area (Å²) in [5.74, 6) is -6.55. The van der Waals surface area contributed by atoms with Gasteiger partial charge in [0.25, 0.3) is 27.0 Å². The minimum absolute atomic E-state index is 0.126. The van der Waals surface area contributed by atoms with Crippen LogP contribution in [0.5, 0.6) is 0 Å². The Bertz CT molecular complexity index is 1350. The largest absolute Gasteiger partial charge is 0.377 e. The molecule has 0 aliphatic carbocycles. The van der Waals surface area contributed by atoms with Gasteiger partial charge in [-0.25, -0.2) is 10.2 Å². The Morgan fingerprint density at radius 2 is 0.647 bits per heavy atom. The molecule has 4 aliphatic heterocycles. The second-order valence-corrected chi connectivity index (χ2v) is 31.6. The van der Waals surface area contributed by atoms with Crippen LogP contribution in [-0.4, -0.2) is 119 Å². The van der Waals surface area contributed by atoms with E-state index in [1.807, 2.05) is 0 Å². The Hall–Kier alpha value is 2.64. The summed E-state index contributed by atoms with van der Waals surface area (Å²) in [6, 6.07) is 0.